The van der Waals surface area contributed by atoms with E-state index in [1.807, 2.05) is 0 Å². The summed E-state index contributed by atoms with van der Waals surface area (Å²) in [7, 11) is -3.63. The van der Waals surface area contributed by atoms with Crippen LogP contribution in [-0.4, -0.2) is 42.7 Å². The molecule has 0 spiro atoms. The van der Waals surface area contributed by atoms with Gasteiger partial charge in [-0.15, -0.1) is 0 Å². The summed E-state index contributed by atoms with van der Waals surface area (Å²) in [4.78, 5) is 24.2. The first-order valence-electron chi connectivity index (χ1n) is 11.6. The third-order valence-corrected chi connectivity index (χ3v) is 9.00. The van der Waals surface area contributed by atoms with E-state index in [1.165, 1.54) is 13.3 Å². The van der Waals surface area contributed by atoms with Gasteiger partial charge in [0.25, 0.3) is 0 Å². The lowest BCUT2D eigenvalue weighted by molar-refractivity contribution is -0.127. The fourth-order valence-electron chi connectivity index (χ4n) is 5.57. The summed E-state index contributed by atoms with van der Waals surface area (Å²) in [5.41, 5.74) is 0.579. The second kappa shape index (κ2) is 9.28. The maximum Gasteiger partial charge on any atom is 0.243 e. The van der Waals surface area contributed by atoms with Gasteiger partial charge in [0.2, 0.25) is 21.8 Å². The minimum Gasteiger partial charge on any atom is -0.353 e. The van der Waals surface area contributed by atoms with E-state index in [2.05, 4.69) is 10.6 Å². The van der Waals surface area contributed by atoms with Crippen molar-refractivity contribution in [3.63, 3.8) is 0 Å². The molecule has 31 heavy (non-hydrogen) atoms. The molecular formula is C23H33N3O4S. The molecule has 2 amide bonds. The van der Waals surface area contributed by atoms with E-state index in [4.69, 9.17) is 0 Å². The zero-order chi connectivity index (χ0) is 22.0. The van der Waals surface area contributed by atoms with Crippen molar-refractivity contribution < 1.29 is 18.0 Å². The quantitative estimate of drug-likeness (QED) is 0.723. The van der Waals surface area contributed by atoms with Gasteiger partial charge in [0.1, 0.15) is 0 Å². The number of benzene rings is 1. The first-order chi connectivity index (χ1) is 14.8. The van der Waals surface area contributed by atoms with E-state index in [9.17, 15) is 18.0 Å². The molecule has 0 aromatic heterocycles. The lowest BCUT2D eigenvalue weighted by Gasteiger charge is -2.48. The molecule has 1 aromatic carbocycles. The van der Waals surface area contributed by atoms with E-state index in [-0.39, 0.29) is 40.8 Å². The standard InChI is InChI=1S/C23H33N3O4S/c1-16(27)24-18-10-12-22(13-11-18)31(29,30)26-20-8-5-9-21(26)15-19(14-20)25-23(28)17-6-3-2-4-7-17/h10-13,17,19-21H,2-9,14-15H2,1H3,(H,24,27)(H,25,28)/t20-,21-/m0/s1. The normalized spacial score (nSPS) is 27.5. The van der Waals surface area contributed by atoms with Crippen LogP contribution in [0.5, 0.6) is 0 Å². The van der Waals surface area contributed by atoms with E-state index < -0.39 is 10.0 Å². The minimum atomic E-state index is -3.63. The number of hydrogen-bond donors (Lipinski definition) is 2. The lowest BCUT2D eigenvalue weighted by atomic mass is 9.83. The predicted octanol–water partition coefficient (Wildman–Crippen LogP) is 3.42. The molecule has 8 heteroatoms. The van der Waals surface area contributed by atoms with Crippen LogP contribution in [0.25, 0.3) is 0 Å². The summed E-state index contributed by atoms with van der Waals surface area (Å²) in [6.07, 6.45) is 9.45. The fraction of sp³-hybridized carbons (Fsp3) is 0.652. The summed E-state index contributed by atoms with van der Waals surface area (Å²) in [5, 5.41) is 5.92. The molecule has 3 aliphatic rings. The Balaban J connectivity index is 1.46. The van der Waals surface area contributed by atoms with Crippen LogP contribution in [0, 0.1) is 5.92 Å². The molecule has 2 aliphatic heterocycles. The SMILES string of the molecule is CC(=O)Nc1ccc(S(=O)(=O)N2[C@H]3CCC[C@H]2CC(NC(=O)C2CCCCC2)C3)cc1. The number of sulfonamides is 1. The van der Waals surface area contributed by atoms with E-state index >= 15 is 0 Å². The maximum absolute atomic E-state index is 13.5. The third kappa shape index (κ3) is 4.95. The van der Waals surface area contributed by atoms with Crippen LogP contribution >= 0.6 is 0 Å². The Morgan fingerprint density at radius 1 is 0.903 bits per heavy atom. The fourth-order valence-corrected chi connectivity index (χ4v) is 7.46. The number of piperidine rings is 2. The van der Waals surface area contributed by atoms with Crippen molar-refractivity contribution >= 4 is 27.5 Å². The van der Waals surface area contributed by atoms with Crippen molar-refractivity contribution in [3.05, 3.63) is 24.3 Å². The Labute approximate surface area is 185 Å². The molecule has 1 aliphatic carbocycles. The predicted molar refractivity (Wildman–Crippen MR) is 119 cm³/mol. The Morgan fingerprint density at radius 2 is 1.52 bits per heavy atom. The number of rotatable bonds is 5. The van der Waals surface area contributed by atoms with Crippen LogP contribution in [0.2, 0.25) is 0 Å². The highest BCUT2D eigenvalue weighted by Crippen LogP contribution is 2.38. The second-order valence-corrected chi connectivity index (χ2v) is 11.1. The molecule has 3 fully saturated rings. The van der Waals surface area contributed by atoms with Crippen molar-refractivity contribution in [2.75, 3.05) is 5.32 Å². The molecule has 2 heterocycles. The molecule has 2 saturated heterocycles. The second-order valence-electron chi connectivity index (χ2n) is 9.29. The van der Waals surface area contributed by atoms with Gasteiger partial charge in [-0.1, -0.05) is 25.7 Å². The zero-order valence-electron chi connectivity index (χ0n) is 18.2. The molecule has 4 rings (SSSR count). The Morgan fingerprint density at radius 3 is 2.10 bits per heavy atom. The summed E-state index contributed by atoms with van der Waals surface area (Å²) in [5.74, 6) is 0.0904. The van der Waals surface area contributed by atoms with Crippen LogP contribution in [0.15, 0.2) is 29.2 Å². The highest BCUT2D eigenvalue weighted by atomic mass is 32.2. The first-order valence-corrected chi connectivity index (χ1v) is 13.0. The van der Waals surface area contributed by atoms with Gasteiger partial charge in [-0.25, -0.2) is 8.42 Å². The lowest BCUT2D eigenvalue weighted by Crippen LogP contribution is -2.59. The third-order valence-electron chi connectivity index (χ3n) is 6.98. The molecule has 2 N–H and O–H groups in total. The first kappa shape index (κ1) is 22.3. The van der Waals surface area contributed by atoms with Crippen LogP contribution in [0.1, 0.15) is 71.1 Å². The van der Waals surface area contributed by atoms with Gasteiger partial charge in [0, 0.05) is 36.7 Å². The molecule has 2 atom stereocenters. The maximum atomic E-state index is 13.5. The Bertz CT molecular complexity index is 895. The smallest absolute Gasteiger partial charge is 0.243 e. The zero-order valence-corrected chi connectivity index (χ0v) is 19.0. The van der Waals surface area contributed by atoms with Crippen LogP contribution in [-0.2, 0) is 19.6 Å². The number of anilines is 1. The van der Waals surface area contributed by atoms with Crippen molar-refractivity contribution in [2.45, 2.75) is 94.2 Å². The number of amides is 2. The Hall–Kier alpha value is -1.93. The van der Waals surface area contributed by atoms with Gasteiger partial charge in [-0.2, -0.15) is 4.31 Å². The van der Waals surface area contributed by atoms with Crippen molar-refractivity contribution in [1.82, 2.24) is 9.62 Å². The van der Waals surface area contributed by atoms with Gasteiger partial charge in [-0.3, -0.25) is 9.59 Å². The topological polar surface area (TPSA) is 95.6 Å². The number of nitrogens with zero attached hydrogens (tertiary/aromatic N) is 1. The number of hydrogen-bond acceptors (Lipinski definition) is 4. The summed E-state index contributed by atoms with van der Waals surface area (Å²) >= 11 is 0. The van der Waals surface area contributed by atoms with E-state index in [0.29, 0.717) is 18.5 Å². The largest absolute Gasteiger partial charge is 0.353 e. The minimum absolute atomic E-state index is 0.0540. The van der Waals surface area contributed by atoms with Gasteiger partial charge < -0.3 is 10.6 Å². The number of nitrogens with one attached hydrogen (secondary N) is 2. The van der Waals surface area contributed by atoms with Crippen molar-refractivity contribution in [2.24, 2.45) is 5.92 Å². The molecule has 0 unspecified atom stereocenters. The van der Waals surface area contributed by atoms with E-state index in [1.54, 1.807) is 28.6 Å². The molecule has 1 aromatic rings. The van der Waals surface area contributed by atoms with Gasteiger partial charge in [-0.05, 0) is 62.8 Å². The number of carbonyl (C=O) groups is 2. The van der Waals surface area contributed by atoms with Crippen molar-refractivity contribution in [1.29, 1.82) is 0 Å². The average Bonchev–Trinajstić information content (AvgIpc) is 2.73. The monoisotopic (exact) mass is 447 g/mol. The van der Waals surface area contributed by atoms with Gasteiger partial charge >= 0.3 is 0 Å². The molecule has 2 bridgehead atoms. The van der Waals surface area contributed by atoms with Crippen LogP contribution in [0.3, 0.4) is 0 Å². The summed E-state index contributed by atoms with van der Waals surface area (Å²) in [6.45, 7) is 1.42. The summed E-state index contributed by atoms with van der Waals surface area (Å²) < 4.78 is 28.6. The average molecular weight is 448 g/mol. The molecule has 170 valence electrons. The molecule has 1 saturated carbocycles. The number of carbonyl (C=O) groups excluding carboxylic acids is 2. The highest BCUT2D eigenvalue weighted by molar-refractivity contribution is 7.89. The summed E-state index contributed by atoms with van der Waals surface area (Å²) in [6, 6.07) is 6.27. The highest BCUT2D eigenvalue weighted by Gasteiger charge is 2.45. The molecular weight excluding hydrogens is 414 g/mol. The molecule has 0 radical (unpaired) electrons. The van der Waals surface area contributed by atoms with Gasteiger partial charge in [0.15, 0.2) is 0 Å². The van der Waals surface area contributed by atoms with Crippen LogP contribution < -0.4 is 10.6 Å². The van der Waals surface area contributed by atoms with Gasteiger partial charge in [0.05, 0.1) is 4.90 Å². The number of fused-ring (bicyclic) bond motifs is 2. The van der Waals surface area contributed by atoms with E-state index in [0.717, 1.165) is 44.9 Å². The Kier molecular flexibility index (Phi) is 6.67. The molecule has 7 nitrogen and oxygen atoms in total. The van der Waals surface area contributed by atoms with Crippen LogP contribution in [0.4, 0.5) is 5.69 Å². The van der Waals surface area contributed by atoms with Crippen molar-refractivity contribution in [3.8, 4) is 0 Å².